The van der Waals surface area contributed by atoms with Crippen LogP contribution in [-0.4, -0.2) is 35.8 Å². The van der Waals surface area contributed by atoms with E-state index in [1.165, 1.54) is 4.57 Å². The van der Waals surface area contributed by atoms with E-state index in [0.717, 1.165) is 22.2 Å². The Morgan fingerprint density at radius 2 is 1.97 bits per heavy atom. The number of oxazole rings is 1. The zero-order valence-corrected chi connectivity index (χ0v) is 18.8. The average Bonchev–Trinajstić information content (AvgIpc) is 3.35. The number of hydrogen-bond donors (Lipinski definition) is 2. The second-order valence-electron chi connectivity index (χ2n) is 8.82. The lowest BCUT2D eigenvalue weighted by molar-refractivity contribution is -0.123. The number of nitriles is 1. The molecule has 33 heavy (non-hydrogen) atoms. The number of nitrogens with one attached hydrogen (secondary N) is 1. The van der Waals surface area contributed by atoms with Gasteiger partial charge in [-0.2, -0.15) is 5.26 Å². The Balaban J connectivity index is 1.39. The quantitative estimate of drug-likeness (QED) is 0.572. The van der Waals surface area contributed by atoms with Crippen molar-refractivity contribution in [3.05, 3.63) is 58.6 Å². The van der Waals surface area contributed by atoms with E-state index in [4.69, 9.17) is 14.9 Å². The van der Waals surface area contributed by atoms with Crippen molar-refractivity contribution in [1.29, 1.82) is 5.26 Å². The zero-order chi connectivity index (χ0) is 23.5. The van der Waals surface area contributed by atoms with Crippen LogP contribution in [0.2, 0.25) is 0 Å². The van der Waals surface area contributed by atoms with Crippen molar-refractivity contribution in [1.82, 2.24) is 9.88 Å². The van der Waals surface area contributed by atoms with E-state index in [9.17, 15) is 14.9 Å². The fraction of sp³-hybridized carbons (Fsp3) is 0.400. The molecule has 1 aliphatic rings. The van der Waals surface area contributed by atoms with Crippen LogP contribution in [-0.2, 0) is 23.0 Å². The molecular formula is C25H28N4O4. The van der Waals surface area contributed by atoms with Gasteiger partial charge in [0.25, 0.3) is 0 Å². The molecule has 0 saturated carbocycles. The summed E-state index contributed by atoms with van der Waals surface area (Å²) in [4.78, 5) is 24.2. The number of aryl methyl sites for hydroxylation is 1. The molecule has 2 aromatic carbocycles. The molecule has 4 atom stereocenters. The summed E-state index contributed by atoms with van der Waals surface area (Å²) in [6.45, 7) is 3.42. The summed E-state index contributed by atoms with van der Waals surface area (Å²) in [6, 6.07) is 14.2. The number of rotatable bonds is 7. The van der Waals surface area contributed by atoms with Crippen molar-refractivity contribution in [3.8, 4) is 17.2 Å². The lowest BCUT2D eigenvalue weighted by Gasteiger charge is -2.20. The van der Waals surface area contributed by atoms with Crippen molar-refractivity contribution in [2.45, 2.75) is 31.8 Å². The molecule has 1 amide bonds. The van der Waals surface area contributed by atoms with Gasteiger partial charge in [-0.3, -0.25) is 9.36 Å². The summed E-state index contributed by atoms with van der Waals surface area (Å²) in [6.07, 6.45) is 0.930. The molecule has 0 spiro atoms. The van der Waals surface area contributed by atoms with E-state index in [-0.39, 0.29) is 11.8 Å². The molecule has 1 aliphatic heterocycles. The predicted octanol–water partition coefficient (Wildman–Crippen LogP) is 2.35. The largest absolute Gasteiger partial charge is 0.419 e. The van der Waals surface area contributed by atoms with E-state index in [0.29, 0.717) is 37.6 Å². The predicted molar refractivity (Wildman–Crippen MR) is 124 cm³/mol. The molecule has 1 aromatic heterocycles. The Morgan fingerprint density at radius 3 is 2.64 bits per heavy atom. The van der Waals surface area contributed by atoms with Crippen LogP contribution in [0.25, 0.3) is 22.2 Å². The smallest absolute Gasteiger partial charge is 0.408 e. The van der Waals surface area contributed by atoms with Crippen LogP contribution in [0, 0.1) is 23.2 Å². The van der Waals surface area contributed by atoms with Gasteiger partial charge in [-0.05, 0) is 47.1 Å². The van der Waals surface area contributed by atoms with Crippen LogP contribution >= 0.6 is 0 Å². The molecule has 0 aliphatic carbocycles. The van der Waals surface area contributed by atoms with Crippen LogP contribution < -0.4 is 16.8 Å². The minimum Gasteiger partial charge on any atom is -0.408 e. The summed E-state index contributed by atoms with van der Waals surface area (Å²) in [7, 11) is 1.67. The molecule has 172 valence electrons. The van der Waals surface area contributed by atoms with Gasteiger partial charge in [0.2, 0.25) is 5.91 Å². The number of amides is 1. The fourth-order valence-corrected chi connectivity index (χ4v) is 4.22. The lowest BCUT2D eigenvalue weighted by atomic mass is 9.91. The fourth-order valence-electron chi connectivity index (χ4n) is 4.22. The normalized spacial score (nSPS) is 19.8. The number of fused-ring (bicyclic) bond motifs is 1. The monoisotopic (exact) mass is 448 g/mol. The maximum absolute atomic E-state index is 12.5. The van der Waals surface area contributed by atoms with Crippen molar-refractivity contribution in [2.24, 2.45) is 24.6 Å². The molecule has 0 unspecified atom stereocenters. The van der Waals surface area contributed by atoms with Crippen molar-refractivity contribution in [3.63, 3.8) is 0 Å². The van der Waals surface area contributed by atoms with Gasteiger partial charge in [-0.15, -0.1) is 0 Å². The maximum Gasteiger partial charge on any atom is 0.419 e. The first kappa shape index (κ1) is 22.8. The van der Waals surface area contributed by atoms with E-state index in [1.807, 2.05) is 36.4 Å². The first-order valence-corrected chi connectivity index (χ1v) is 11.1. The van der Waals surface area contributed by atoms with E-state index in [1.54, 1.807) is 13.1 Å². The van der Waals surface area contributed by atoms with Crippen LogP contribution in [0.4, 0.5) is 0 Å². The van der Waals surface area contributed by atoms with Gasteiger partial charge in [-0.25, -0.2) is 4.79 Å². The minimum absolute atomic E-state index is 0.266. The Hall–Kier alpha value is -3.41. The second kappa shape index (κ2) is 9.61. The van der Waals surface area contributed by atoms with Gasteiger partial charge in [0.1, 0.15) is 6.04 Å². The zero-order valence-electron chi connectivity index (χ0n) is 18.8. The SMILES string of the molecule is C[C@H]1COC[C@H]1C[C@@H](N)C(=O)N[C@H](C#N)Cc1ccc(-c2ccc3oc(=O)n(C)c3c2)cc1. The summed E-state index contributed by atoms with van der Waals surface area (Å²) < 4.78 is 12.1. The molecule has 8 heteroatoms. The van der Waals surface area contributed by atoms with E-state index >= 15 is 0 Å². The van der Waals surface area contributed by atoms with E-state index in [2.05, 4.69) is 18.3 Å². The highest BCUT2D eigenvalue weighted by Crippen LogP contribution is 2.25. The Morgan fingerprint density at radius 1 is 1.24 bits per heavy atom. The molecule has 8 nitrogen and oxygen atoms in total. The Kier molecular flexibility index (Phi) is 6.63. The van der Waals surface area contributed by atoms with Gasteiger partial charge in [0, 0.05) is 26.7 Å². The highest BCUT2D eigenvalue weighted by atomic mass is 16.5. The van der Waals surface area contributed by atoms with Gasteiger partial charge in [-0.1, -0.05) is 37.3 Å². The molecule has 2 heterocycles. The van der Waals surface area contributed by atoms with Crippen molar-refractivity contribution in [2.75, 3.05) is 13.2 Å². The number of nitrogens with zero attached hydrogens (tertiary/aromatic N) is 2. The number of nitrogens with two attached hydrogens (primary N) is 1. The molecule has 1 saturated heterocycles. The third-order valence-electron chi connectivity index (χ3n) is 6.40. The lowest BCUT2D eigenvalue weighted by Crippen LogP contribution is -2.46. The number of ether oxygens (including phenoxy) is 1. The number of carbonyl (C=O) groups is 1. The van der Waals surface area contributed by atoms with Gasteiger partial charge in [0.15, 0.2) is 5.58 Å². The summed E-state index contributed by atoms with van der Waals surface area (Å²) in [5.74, 6) is -0.0556. The number of aromatic nitrogens is 1. The highest BCUT2D eigenvalue weighted by Gasteiger charge is 2.29. The van der Waals surface area contributed by atoms with Crippen LogP contribution in [0.3, 0.4) is 0 Å². The maximum atomic E-state index is 12.5. The third kappa shape index (κ3) is 5.00. The summed E-state index contributed by atoms with van der Waals surface area (Å²) in [5.41, 5.74) is 10.2. The van der Waals surface area contributed by atoms with E-state index < -0.39 is 17.8 Å². The standard InChI is InChI=1S/C25H28N4O4/c1-15-13-32-14-19(15)10-21(27)24(30)28-20(12-26)9-16-3-5-17(6-4-16)18-7-8-23-22(11-18)29(2)25(31)33-23/h3-8,11,15,19-21H,9-10,13-14,27H2,1-2H3,(H,28,30)/t15-,19+,20-,21+/m0/s1. The number of hydrogen-bond acceptors (Lipinski definition) is 6. The molecular weight excluding hydrogens is 420 g/mol. The summed E-state index contributed by atoms with van der Waals surface area (Å²) >= 11 is 0. The Bertz CT molecular complexity index is 1240. The van der Waals surface area contributed by atoms with Gasteiger partial charge < -0.3 is 20.2 Å². The van der Waals surface area contributed by atoms with Crippen LogP contribution in [0.1, 0.15) is 18.9 Å². The van der Waals surface area contributed by atoms with Crippen molar-refractivity contribution >= 4 is 17.0 Å². The van der Waals surface area contributed by atoms with Crippen LogP contribution in [0.5, 0.6) is 0 Å². The van der Waals surface area contributed by atoms with Crippen LogP contribution in [0.15, 0.2) is 51.7 Å². The molecule has 0 radical (unpaired) electrons. The highest BCUT2D eigenvalue weighted by molar-refractivity contribution is 5.82. The number of carbonyl (C=O) groups excluding carboxylic acids is 1. The number of benzene rings is 2. The van der Waals surface area contributed by atoms with Gasteiger partial charge in [0.05, 0.1) is 17.6 Å². The first-order chi connectivity index (χ1) is 15.9. The third-order valence-corrected chi connectivity index (χ3v) is 6.40. The topological polar surface area (TPSA) is 123 Å². The molecule has 3 aromatic rings. The molecule has 0 bridgehead atoms. The second-order valence-corrected chi connectivity index (χ2v) is 8.82. The molecule has 1 fully saturated rings. The molecule has 4 rings (SSSR count). The van der Waals surface area contributed by atoms with Gasteiger partial charge >= 0.3 is 5.76 Å². The first-order valence-electron chi connectivity index (χ1n) is 11.1. The Labute approximate surface area is 191 Å². The van der Waals surface area contributed by atoms with Crippen molar-refractivity contribution < 1.29 is 13.9 Å². The minimum atomic E-state index is -0.663. The average molecular weight is 449 g/mol. The molecule has 3 N–H and O–H groups in total. The summed E-state index contributed by atoms with van der Waals surface area (Å²) in [5, 5.41) is 12.3.